The van der Waals surface area contributed by atoms with Crippen LogP contribution >= 0.6 is 11.6 Å². The van der Waals surface area contributed by atoms with E-state index in [1.807, 2.05) is 42.7 Å². The van der Waals surface area contributed by atoms with Gasteiger partial charge in [0.15, 0.2) is 0 Å². The largest absolute Gasteiger partial charge is 0.508 e. The summed E-state index contributed by atoms with van der Waals surface area (Å²) in [6.07, 6.45) is 1.58. The second-order valence-corrected chi connectivity index (χ2v) is 7.12. The highest BCUT2D eigenvalue weighted by molar-refractivity contribution is 6.31. The number of phenols is 1. The first-order valence-electron chi connectivity index (χ1n) is 8.98. The Morgan fingerprint density at radius 1 is 1.17 bits per heavy atom. The standard InChI is InChI=1S/C23H20ClN3O2/c1-14-11-17(16(3)27(14)19-7-9-20(28)10-8-19)12-18(13-25)23(29)26-22-6-4-5-21(24)15(22)2/h4-12,28H,1-3H3,(H,26,29). The van der Waals surface area contributed by atoms with Crippen molar-refractivity contribution in [2.75, 3.05) is 5.32 Å². The Morgan fingerprint density at radius 3 is 2.52 bits per heavy atom. The molecule has 0 bridgehead atoms. The van der Waals surface area contributed by atoms with Gasteiger partial charge in [-0.25, -0.2) is 0 Å². The first kappa shape index (κ1) is 20.2. The summed E-state index contributed by atoms with van der Waals surface area (Å²) in [4.78, 5) is 12.6. The average Bonchev–Trinajstić information content (AvgIpc) is 2.97. The second-order valence-electron chi connectivity index (χ2n) is 6.71. The summed E-state index contributed by atoms with van der Waals surface area (Å²) < 4.78 is 2.00. The molecule has 0 spiro atoms. The molecule has 146 valence electrons. The van der Waals surface area contributed by atoms with Crippen LogP contribution in [0.4, 0.5) is 5.69 Å². The monoisotopic (exact) mass is 405 g/mol. The van der Waals surface area contributed by atoms with Crippen molar-refractivity contribution < 1.29 is 9.90 Å². The van der Waals surface area contributed by atoms with E-state index in [2.05, 4.69) is 5.32 Å². The van der Waals surface area contributed by atoms with Crippen LogP contribution in [0.3, 0.4) is 0 Å². The molecule has 0 saturated heterocycles. The maximum absolute atomic E-state index is 12.6. The number of nitrogens with zero attached hydrogens (tertiary/aromatic N) is 2. The second kappa shape index (κ2) is 8.26. The molecule has 0 fully saturated rings. The predicted molar refractivity (Wildman–Crippen MR) is 115 cm³/mol. The molecule has 0 atom stereocenters. The van der Waals surface area contributed by atoms with Crippen LogP contribution in [0.1, 0.15) is 22.5 Å². The van der Waals surface area contributed by atoms with Gasteiger partial charge in [-0.05, 0) is 80.4 Å². The van der Waals surface area contributed by atoms with Crippen molar-refractivity contribution in [3.05, 3.63) is 81.6 Å². The fourth-order valence-corrected chi connectivity index (χ4v) is 3.34. The highest BCUT2D eigenvalue weighted by atomic mass is 35.5. The molecule has 1 amide bonds. The van der Waals surface area contributed by atoms with E-state index in [0.717, 1.165) is 28.2 Å². The van der Waals surface area contributed by atoms with Crippen LogP contribution in [0.2, 0.25) is 5.02 Å². The number of aromatic hydroxyl groups is 1. The van der Waals surface area contributed by atoms with Gasteiger partial charge >= 0.3 is 0 Å². The zero-order valence-electron chi connectivity index (χ0n) is 16.3. The molecule has 0 saturated carbocycles. The Balaban J connectivity index is 1.94. The molecule has 3 aromatic rings. The van der Waals surface area contributed by atoms with E-state index < -0.39 is 5.91 Å². The Kier molecular flexibility index (Phi) is 5.76. The van der Waals surface area contributed by atoms with Gasteiger partial charge in [-0.15, -0.1) is 0 Å². The van der Waals surface area contributed by atoms with E-state index >= 15 is 0 Å². The number of rotatable bonds is 4. The molecule has 1 aromatic heterocycles. The Hall–Kier alpha value is -3.49. The van der Waals surface area contributed by atoms with Gasteiger partial charge in [0.25, 0.3) is 5.91 Å². The quantitative estimate of drug-likeness (QED) is 0.456. The van der Waals surface area contributed by atoms with E-state index in [-0.39, 0.29) is 11.3 Å². The predicted octanol–water partition coefficient (Wildman–Crippen LogP) is 5.31. The highest BCUT2D eigenvalue weighted by Gasteiger charge is 2.15. The third-order valence-electron chi connectivity index (χ3n) is 4.76. The first-order chi connectivity index (χ1) is 13.8. The molecule has 0 aliphatic carbocycles. The zero-order chi connectivity index (χ0) is 21.1. The van der Waals surface area contributed by atoms with Crippen molar-refractivity contribution in [1.29, 1.82) is 5.26 Å². The summed E-state index contributed by atoms with van der Waals surface area (Å²) in [7, 11) is 0. The minimum atomic E-state index is -0.493. The van der Waals surface area contributed by atoms with Crippen LogP contribution in [0.5, 0.6) is 5.75 Å². The topological polar surface area (TPSA) is 78.0 Å². The van der Waals surface area contributed by atoms with E-state index in [1.165, 1.54) is 0 Å². The van der Waals surface area contributed by atoms with E-state index in [9.17, 15) is 15.2 Å². The molecule has 5 nitrogen and oxygen atoms in total. The average molecular weight is 406 g/mol. The van der Waals surface area contributed by atoms with Crippen molar-refractivity contribution >= 4 is 29.3 Å². The molecule has 3 rings (SSSR count). The van der Waals surface area contributed by atoms with E-state index in [4.69, 9.17) is 11.6 Å². The van der Waals surface area contributed by atoms with Crippen LogP contribution in [-0.4, -0.2) is 15.6 Å². The number of hydrogen-bond donors (Lipinski definition) is 2. The number of carbonyl (C=O) groups is 1. The minimum Gasteiger partial charge on any atom is -0.508 e. The summed E-state index contributed by atoms with van der Waals surface area (Å²) in [6.45, 7) is 5.66. The van der Waals surface area contributed by atoms with Crippen LogP contribution in [-0.2, 0) is 4.79 Å². The molecular weight excluding hydrogens is 386 g/mol. The molecule has 6 heteroatoms. The smallest absolute Gasteiger partial charge is 0.266 e. The van der Waals surface area contributed by atoms with Crippen molar-refractivity contribution in [1.82, 2.24) is 4.57 Å². The number of hydrogen-bond acceptors (Lipinski definition) is 3. The third-order valence-corrected chi connectivity index (χ3v) is 5.17. The van der Waals surface area contributed by atoms with E-state index in [0.29, 0.717) is 10.7 Å². The fourth-order valence-electron chi connectivity index (χ4n) is 3.17. The molecule has 29 heavy (non-hydrogen) atoms. The van der Waals surface area contributed by atoms with Crippen LogP contribution < -0.4 is 5.32 Å². The summed E-state index contributed by atoms with van der Waals surface area (Å²) in [5, 5.41) is 22.3. The van der Waals surface area contributed by atoms with Crippen molar-refractivity contribution in [2.45, 2.75) is 20.8 Å². The maximum Gasteiger partial charge on any atom is 0.266 e. The SMILES string of the molecule is Cc1c(Cl)cccc1NC(=O)C(C#N)=Cc1cc(C)n(-c2ccc(O)cc2)c1C. The van der Waals surface area contributed by atoms with Gasteiger partial charge in [-0.2, -0.15) is 5.26 Å². The first-order valence-corrected chi connectivity index (χ1v) is 9.36. The van der Waals surface area contributed by atoms with Gasteiger partial charge in [0.2, 0.25) is 0 Å². The fraction of sp³-hybridized carbons (Fsp3) is 0.130. The number of benzene rings is 2. The molecule has 0 aliphatic rings. The highest BCUT2D eigenvalue weighted by Crippen LogP contribution is 2.26. The van der Waals surface area contributed by atoms with Gasteiger partial charge < -0.3 is 15.0 Å². The Labute approximate surface area is 174 Å². The lowest BCUT2D eigenvalue weighted by Gasteiger charge is -2.10. The summed E-state index contributed by atoms with van der Waals surface area (Å²) in [5.74, 6) is -0.302. The zero-order valence-corrected chi connectivity index (χ0v) is 17.1. The molecule has 0 unspecified atom stereocenters. The number of nitriles is 1. The molecule has 1 heterocycles. The van der Waals surface area contributed by atoms with Gasteiger partial charge in [0, 0.05) is 27.8 Å². The number of amides is 1. The molecule has 2 N–H and O–H groups in total. The maximum atomic E-state index is 12.6. The van der Waals surface area contributed by atoms with Crippen molar-refractivity contribution in [3.63, 3.8) is 0 Å². The molecular formula is C23H20ClN3O2. The van der Waals surface area contributed by atoms with Gasteiger partial charge in [-0.1, -0.05) is 17.7 Å². The van der Waals surface area contributed by atoms with Gasteiger partial charge in [-0.3, -0.25) is 4.79 Å². The number of aryl methyl sites for hydroxylation is 1. The number of anilines is 1. The Morgan fingerprint density at radius 2 is 1.86 bits per heavy atom. The normalized spacial score (nSPS) is 11.2. The van der Waals surface area contributed by atoms with E-state index in [1.54, 1.807) is 43.3 Å². The number of phenolic OH excluding ortho intramolecular Hbond substituents is 1. The summed E-state index contributed by atoms with van der Waals surface area (Å²) in [5.41, 5.74) is 4.79. The number of halogens is 1. The number of carbonyl (C=O) groups excluding carboxylic acids is 1. The Bertz CT molecular complexity index is 1150. The van der Waals surface area contributed by atoms with Gasteiger partial charge in [0.1, 0.15) is 17.4 Å². The number of nitrogens with one attached hydrogen (secondary N) is 1. The van der Waals surface area contributed by atoms with Crippen LogP contribution in [0.15, 0.2) is 54.1 Å². The lowest BCUT2D eigenvalue weighted by atomic mass is 10.1. The molecule has 0 aliphatic heterocycles. The van der Waals surface area contributed by atoms with Gasteiger partial charge in [0.05, 0.1) is 0 Å². The van der Waals surface area contributed by atoms with Crippen LogP contribution in [0, 0.1) is 32.1 Å². The summed E-state index contributed by atoms with van der Waals surface area (Å²) >= 11 is 6.10. The van der Waals surface area contributed by atoms with Crippen molar-refractivity contribution in [2.24, 2.45) is 0 Å². The van der Waals surface area contributed by atoms with Crippen LogP contribution in [0.25, 0.3) is 11.8 Å². The number of aromatic nitrogens is 1. The molecule has 2 aromatic carbocycles. The third kappa shape index (κ3) is 4.18. The molecule has 0 radical (unpaired) electrons. The lowest BCUT2D eigenvalue weighted by molar-refractivity contribution is -0.112. The lowest BCUT2D eigenvalue weighted by Crippen LogP contribution is -2.14. The minimum absolute atomic E-state index is 0.00432. The summed E-state index contributed by atoms with van der Waals surface area (Å²) in [6, 6.07) is 16.0. The van der Waals surface area contributed by atoms with Crippen molar-refractivity contribution in [3.8, 4) is 17.5 Å².